The molecule has 0 saturated heterocycles. The first kappa shape index (κ1) is 13.5. The van der Waals surface area contributed by atoms with Crippen LogP contribution < -0.4 is 0 Å². The number of hydrogen-bond donors (Lipinski definition) is 0. The van der Waals surface area contributed by atoms with E-state index in [1.165, 1.54) is 25.0 Å². The summed E-state index contributed by atoms with van der Waals surface area (Å²) in [4.78, 5) is 0. The molecule has 0 aliphatic heterocycles. The van der Waals surface area contributed by atoms with Crippen LogP contribution in [0.3, 0.4) is 0 Å². The highest BCUT2D eigenvalue weighted by Gasteiger charge is 2.23. The van der Waals surface area contributed by atoms with E-state index in [4.69, 9.17) is 0 Å². The zero-order valence-electron chi connectivity index (χ0n) is 12.3. The highest BCUT2D eigenvalue weighted by Crippen LogP contribution is 2.44. The van der Waals surface area contributed by atoms with Crippen LogP contribution in [-0.2, 0) is 6.42 Å². The molecule has 0 N–H and O–H groups in total. The van der Waals surface area contributed by atoms with Gasteiger partial charge >= 0.3 is 0 Å². The van der Waals surface area contributed by atoms with E-state index in [2.05, 4.69) is 60.1 Å². The number of fused-ring (bicyclic) bond motifs is 2. The van der Waals surface area contributed by atoms with E-state index in [1.54, 1.807) is 22.3 Å². The van der Waals surface area contributed by atoms with Crippen LogP contribution >= 0.6 is 27.3 Å². The lowest BCUT2D eigenvalue weighted by molar-refractivity contribution is 1.13. The fourth-order valence-electron chi connectivity index (χ4n) is 3.55. The summed E-state index contributed by atoms with van der Waals surface area (Å²) < 4.78 is 2.64. The standard InChI is InChI=1S/C19H17BrS/c1-11-7-15-12(2)16-10-19(20)21-18(16)9-17(15)14(11)8-13-5-3-4-6-13/h3-5,9-10H,6-8H2,1-2H3. The second-order valence-electron chi connectivity index (χ2n) is 6.06. The average molecular weight is 357 g/mol. The number of hydrogen-bond acceptors (Lipinski definition) is 1. The van der Waals surface area contributed by atoms with Gasteiger partial charge in [0.15, 0.2) is 0 Å². The van der Waals surface area contributed by atoms with Gasteiger partial charge in [-0.05, 0) is 88.8 Å². The van der Waals surface area contributed by atoms with Crippen molar-refractivity contribution in [1.29, 1.82) is 0 Å². The normalized spacial score (nSPS) is 17.0. The Morgan fingerprint density at radius 1 is 1.24 bits per heavy atom. The fraction of sp³-hybridized carbons (Fsp3) is 0.263. The Morgan fingerprint density at radius 2 is 2.10 bits per heavy atom. The molecule has 0 amide bonds. The van der Waals surface area contributed by atoms with E-state index < -0.39 is 0 Å². The average Bonchev–Trinajstić information content (AvgIpc) is 3.13. The first-order valence-corrected chi connectivity index (χ1v) is 8.99. The van der Waals surface area contributed by atoms with Gasteiger partial charge in [0.2, 0.25) is 0 Å². The summed E-state index contributed by atoms with van der Waals surface area (Å²) in [6, 6.07) is 4.69. The summed E-state index contributed by atoms with van der Waals surface area (Å²) in [6.45, 7) is 4.59. The number of rotatable bonds is 2. The first-order valence-electron chi connectivity index (χ1n) is 7.38. The molecule has 0 bridgehead atoms. The second kappa shape index (κ2) is 4.96. The Hall–Kier alpha value is -1.12. The van der Waals surface area contributed by atoms with Crippen LogP contribution in [0.4, 0.5) is 0 Å². The van der Waals surface area contributed by atoms with Gasteiger partial charge in [0, 0.05) is 4.70 Å². The molecule has 0 radical (unpaired) electrons. The summed E-state index contributed by atoms with van der Waals surface area (Å²) >= 11 is 5.48. The molecule has 0 unspecified atom stereocenters. The maximum Gasteiger partial charge on any atom is 0.0711 e. The Labute approximate surface area is 138 Å². The monoisotopic (exact) mass is 356 g/mol. The van der Waals surface area contributed by atoms with Gasteiger partial charge in [-0.25, -0.2) is 0 Å². The molecule has 1 aromatic carbocycles. The van der Waals surface area contributed by atoms with Crippen molar-refractivity contribution in [3.63, 3.8) is 0 Å². The van der Waals surface area contributed by atoms with Gasteiger partial charge in [0.1, 0.15) is 0 Å². The van der Waals surface area contributed by atoms with E-state index in [9.17, 15) is 0 Å². The molecule has 1 heterocycles. The Morgan fingerprint density at radius 3 is 2.86 bits per heavy atom. The van der Waals surface area contributed by atoms with Crippen LogP contribution in [0.25, 0.3) is 15.7 Å². The lowest BCUT2D eigenvalue weighted by Crippen LogP contribution is -1.91. The summed E-state index contributed by atoms with van der Waals surface area (Å²) in [5, 5.41) is 1.42. The predicted octanol–water partition coefficient (Wildman–Crippen LogP) is 6.58. The van der Waals surface area contributed by atoms with Gasteiger partial charge in [-0.15, -0.1) is 11.3 Å². The number of thiophene rings is 1. The van der Waals surface area contributed by atoms with E-state index in [0.29, 0.717) is 0 Å². The van der Waals surface area contributed by atoms with Crippen molar-refractivity contribution in [3.8, 4) is 0 Å². The minimum Gasteiger partial charge on any atom is -0.128 e. The van der Waals surface area contributed by atoms with Crippen molar-refractivity contribution in [2.24, 2.45) is 0 Å². The molecule has 0 saturated carbocycles. The zero-order chi connectivity index (χ0) is 14.6. The molecule has 2 aromatic rings. The number of benzene rings is 1. The summed E-state index contributed by atoms with van der Waals surface area (Å²) in [5.74, 6) is 0. The molecule has 2 heteroatoms. The van der Waals surface area contributed by atoms with Crippen molar-refractivity contribution < 1.29 is 0 Å². The van der Waals surface area contributed by atoms with Gasteiger partial charge in [-0.1, -0.05) is 29.4 Å². The van der Waals surface area contributed by atoms with Crippen molar-refractivity contribution in [2.75, 3.05) is 0 Å². The predicted molar refractivity (Wildman–Crippen MR) is 97.0 cm³/mol. The molecule has 2 aliphatic rings. The minimum absolute atomic E-state index is 1.11. The fourth-order valence-corrected chi connectivity index (χ4v) is 5.19. The zero-order valence-corrected chi connectivity index (χ0v) is 14.7. The van der Waals surface area contributed by atoms with Crippen molar-refractivity contribution in [3.05, 3.63) is 62.0 Å². The Bertz CT molecular complexity index is 846. The topological polar surface area (TPSA) is 0 Å². The third-order valence-corrected chi connectivity index (χ3v) is 6.31. The third-order valence-electron chi connectivity index (χ3n) is 4.72. The van der Waals surface area contributed by atoms with E-state index in [1.807, 2.05) is 11.3 Å². The van der Waals surface area contributed by atoms with Crippen LogP contribution in [0.5, 0.6) is 0 Å². The molecular formula is C19H17BrS. The molecule has 106 valence electrons. The Kier molecular flexibility index (Phi) is 3.20. The first-order chi connectivity index (χ1) is 10.1. The van der Waals surface area contributed by atoms with Crippen LogP contribution in [0.15, 0.2) is 45.3 Å². The number of halogens is 1. The molecule has 0 nitrogen and oxygen atoms in total. The van der Waals surface area contributed by atoms with E-state index in [0.717, 1.165) is 19.3 Å². The molecular weight excluding hydrogens is 340 g/mol. The molecule has 0 atom stereocenters. The van der Waals surface area contributed by atoms with Crippen LogP contribution in [0.2, 0.25) is 0 Å². The van der Waals surface area contributed by atoms with Gasteiger partial charge < -0.3 is 0 Å². The maximum absolute atomic E-state index is 3.63. The van der Waals surface area contributed by atoms with Gasteiger partial charge in [-0.2, -0.15) is 0 Å². The molecule has 1 aromatic heterocycles. The number of aryl methyl sites for hydroxylation is 1. The van der Waals surface area contributed by atoms with Gasteiger partial charge in [-0.3, -0.25) is 0 Å². The van der Waals surface area contributed by atoms with Gasteiger partial charge in [0.25, 0.3) is 0 Å². The summed E-state index contributed by atoms with van der Waals surface area (Å²) in [5.41, 5.74) is 9.18. The second-order valence-corrected chi connectivity index (χ2v) is 8.52. The molecule has 21 heavy (non-hydrogen) atoms. The molecule has 4 rings (SSSR count). The van der Waals surface area contributed by atoms with E-state index >= 15 is 0 Å². The molecule has 0 fully saturated rings. The van der Waals surface area contributed by atoms with Crippen molar-refractivity contribution in [1.82, 2.24) is 0 Å². The summed E-state index contributed by atoms with van der Waals surface area (Å²) in [7, 11) is 0. The lowest BCUT2D eigenvalue weighted by atomic mass is 9.95. The highest BCUT2D eigenvalue weighted by atomic mass is 79.9. The van der Waals surface area contributed by atoms with Crippen LogP contribution in [0.1, 0.15) is 36.5 Å². The molecule has 0 spiro atoms. The minimum atomic E-state index is 1.11. The lowest BCUT2D eigenvalue weighted by Gasteiger charge is -2.10. The third kappa shape index (κ3) is 2.16. The smallest absolute Gasteiger partial charge is 0.0711 e. The van der Waals surface area contributed by atoms with Crippen LogP contribution in [0, 0.1) is 6.92 Å². The number of allylic oxidation sites excluding steroid dienone is 6. The molecule has 2 aliphatic carbocycles. The largest absolute Gasteiger partial charge is 0.128 e. The maximum atomic E-state index is 3.63. The highest BCUT2D eigenvalue weighted by molar-refractivity contribution is 9.11. The van der Waals surface area contributed by atoms with Crippen LogP contribution in [-0.4, -0.2) is 0 Å². The van der Waals surface area contributed by atoms with Crippen molar-refractivity contribution >= 4 is 42.9 Å². The Balaban J connectivity index is 1.84. The summed E-state index contributed by atoms with van der Waals surface area (Å²) in [6.07, 6.45) is 10.1. The SMILES string of the molecule is CC1=C(CC2=CC=CC2)c2cc3sc(Br)cc3c(C)c2C1. The van der Waals surface area contributed by atoms with Crippen molar-refractivity contribution in [2.45, 2.75) is 33.1 Å². The quantitative estimate of drug-likeness (QED) is 0.570. The van der Waals surface area contributed by atoms with Gasteiger partial charge in [0.05, 0.1) is 3.79 Å². The van der Waals surface area contributed by atoms with E-state index in [-0.39, 0.29) is 0 Å².